The first-order valence-corrected chi connectivity index (χ1v) is 30.4. The number of nitrogen functional groups attached to an aromatic ring is 2. The van der Waals surface area contributed by atoms with Crippen LogP contribution >= 0.6 is 23.2 Å². The second kappa shape index (κ2) is 21.0. The lowest BCUT2D eigenvalue weighted by Gasteiger charge is -2.40. The third-order valence-electron chi connectivity index (χ3n) is 19.7. The van der Waals surface area contributed by atoms with Gasteiger partial charge in [-0.2, -0.15) is 46.3 Å². The number of pyridine rings is 2. The number of rotatable bonds is 8. The van der Waals surface area contributed by atoms with Gasteiger partial charge >= 0.3 is 24.4 Å². The first-order valence-electron chi connectivity index (χ1n) is 29.6. The van der Waals surface area contributed by atoms with Gasteiger partial charge in [-0.15, -0.1) is 0 Å². The van der Waals surface area contributed by atoms with Gasteiger partial charge in [-0.25, -0.2) is 36.3 Å². The first-order chi connectivity index (χ1) is 42.7. The molecule has 14 heterocycles. The Bertz CT molecular complexity index is 3700. The molecule has 0 radical (unpaired) electrons. The standard InChI is InChI=1S/2C29H28ClF6N7O2/c2*30-20-18(22-14(29(34,35)36)3-5-17(37)39-22)21(31)23-19-24(20)44-9-16-15-4-2-13(38-15)8-43(16)25(19)41-26(40-23)45-12-27-6-1-7-42(27)11-28(32,33)10-27/h2*3,5,13,15-16,38H,1-2,4,6-12H2,(H2,37,39)/t2*13-,15+,16-,27-/m11/s1. The Morgan fingerprint density at radius 2 is 1.00 bits per heavy atom. The first kappa shape index (κ1) is 59.7. The zero-order chi connectivity index (χ0) is 62.9. The van der Waals surface area contributed by atoms with E-state index in [0.29, 0.717) is 51.2 Å². The molecule has 4 aromatic heterocycles. The summed E-state index contributed by atoms with van der Waals surface area (Å²) < 4.78 is 200. The number of halogens is 14. The van der Waals surface area contributed by atoms with Crippen molar-refractivity contribution in [1.82, 2.24) is 50.3 Å². The molecule has 6 N–H and O–H groups in total. The Morgan fingerprint density at radius 1 is 0.589 bits per heavy atom. The summed E-state index contributed by atoms with van der Waals surface area (Å²) in [5, 5.41) is 6.43. The molecule has 0 saturated carbocycles. The van der Waals surface area contributed by atoms with Gasteiger partial charge in [-0.05, 0) is 88.7 Å². The van der Waals surface area contributed by atoms with Crippen LogP contribution in [0.2, 0.25) is 10.0 Å². The van der Waals surface area contributed by atoms with E-state index in [9.17, 15) is 43.9 Å². The molecule has 0 spiro atoms. The van der Waals surface area contributed by atoms with Gasteiger partial charge < -0.3 is 50.8 Å². The minimum Gasteiger partial charge on any atom is -0.489 e. The number of hydrogen-bond acceptors (Lipinski definition) is 18. The van der Waals surface area contributed by atoms with Crippen LogP contribution in [-0.4, -0.2) is 165 Å². The Balaban J connectivity index is 0.000000150. The Kier molecular flexibility index (Phi) is 13.9. The number of benzene rings is 2. The fraction of sp³-hybridized carbons (Fsp3) is 0.552. The summed E-state index contributed by atoms with van der Waals surface area (Å²) in [5.41, 5.74) is 3.41. The van der Waals surface area contributed by atoms with Crippen molar-refractivity contribution in [2.45, 2.75) is 136 Å². The van der Waals surface area contributed by atoms with E-state index in [1.165, 1.54) is 0 Å². The lowest BCUT2D eigenvalue weighted by Crippen LogP contribution is -2.60. The summed E-state index contributed by atoms with van der Waals surface area (Å²) in [4.78, 5) is 33.1. The van der Waals surface area contributed by atoms with Gasteiger partial charge in [-0.3, -0.25) is 9.80 Å². The highest BCUT2D eigenvalue weighted by Crippen LogP contribution is 2.55. The topological polar surface area (TPSA) is 203 Å². The average Bonchev–Trinajstić information content (AvgIpc) is 1.18. The number of anilines is 4. The molecule has 8 atom stereocenters. The summed E-state index contributed by atoms with van der Waals surface area (Å²) in [7, 11) is 0. The summed E-state index contributed by atoms with van der Waals surface area (Å²) in [6, 6.07) is 2.53. The van der Waals surface area contributed by atoms with Gasteiger partial charge in [0.25, 0.3) is 11.8 Å². The van der Waals surface area contributed by atoms with Crippen molar-refractivity contribution in [2.75, 3.05) is 87.0 Å². The van der Waals surface area contributed by atoms with E-state index in [4.69, 9.17) is 53.6 Å². The van der Waals surface area contributed by atoms with Gasteiger partial charge in [0.05, 0.1) is 90.7 Å². The molecular formula is C58H56Cl2F12N14O4. The van der Waals surface area contributed by atoms with E-state index in [1.807, 2.05) is 9.80 Å². The second-order valence-electron chi connectivity index (χ2n) is 25.3. The average molecular weight is 1310 g/mol. The van der Waals surface area contributed by atoms with E-state index in [-0.39, 0.29) is 144 Å². The van der Waals surface area contributed by atoms with Crippen LogP contribution in [0.3, 0.4) is 0 Å². The van der Waals surface area contributed by atoms with Crippen molar-refractivity contribution < 1.29 is 71.6 Å². The molecule has 480 valence electrons. The van der Waals surface area contributed by atoms with Crippen LogP contribution in [0.25, 0.3) is 44.3 Å². The molecule has 2 aromatic carbocycles. The Labute approximate surface area is 514 Å². The van der Waals surface area contributed by atoms with Crippen LogP contribution < -0.4 is 50.8 Å². The van der Waals surface area contributed by atoms with Crippen LogP contribution in [0.5, 0.6) is 23.5 Å². The van der Waals surface area contributed by atoms with Crippen molar-refractivity contribution in [1.29, 1.82) is 0 Å². The fourth-order valence-electron chi connectivity index (χ4n) is 15.8. The third-order valence-corrected chi connectivity index (χ3v) is 20.4. The maximum Gasteiger partial charge on any atom is 0.418 e. The molecule has 90 heavy (non-hydrogen) atoms. The van der Waals surface area contributed by atoms with Gasteiger partial charge in [0, 0.05) is 50.1 Å². The number of ether oxygens (including phenoxy) is 4. The van der Waals surface area contributed by atoms with Crippen molar-refractivity contribution in [2.24, 2.45) is 0 Å². The molecule has 10 aliphatic heterocycles. The monoisotopic (exact) mass is 1310 g/mol. The number of piperazine rings is 2. The number of nitrogens with zero attached hydrogens (tertiary/aromatic N) is 10. The molecule has 0 unspecified atom stereocenters. The maximum atomic E-state index is 16.7. The van der Waals surface area contributed by atoms with Crippen LogP contribution in [0.1, 0.15) is 75.3 Å². The van der Waals surface area contributed by atoms with Crippen LogP contribution in [0, 0.1) is 11.6 Å². The SMILES string of the molecule is Nc1ccc(C(F)(F)F)c(-c2c(Cl)c3c4c(nc(OC[C@]56CCCN5CC(F)(F)C6)nc4c2F)N2C[C@H]4CC[C@H](N4)[C@H]2CO3)n1.Nc1ccc(C(F)(F)F)c(-c2c(Cl)c3c4c(nc(OC[C@]56CCCN5CC(F)(F)C6)nc4c2F)N2C[C@H]4CC[C@H](N4)[C@H]2CO3)n1. The van der Waals surface area contributed by atoms with Gasteiger partial charge in [-0.1, -0.05) is 23.2 Å². The van der Waals surface area contributed by atoms with Crippen molar-refractivity contribution in [3.05, 3.63) is 57.1 Å². The zero-order valence-electron chi connectivity index (χ0n) is 47.5. The van der Waals surface area contributed by atoms with Gasteiger partial charge in [0.1, 0.15) is 60.7 Å². The Morgan fingerprint density at radius 3 is 1.40 bits per heavy atom. The lowest BCUT2D eigenvalue weighted by molar-refractivity contribution is -0.138. The molecule has 4 bridgehead atoms. The van der Waals surface area contributed by atoms with E-state index >= 15 is 8.78 Å². The normalized spacial score (nSPS) is 28.6. The minimum absolute atomic E-state index is 0.00890. The summed E-state index contributed by atoms with van der Waals surface area (Å²) in [6.07, 6.45) is -4.68. The second-order valence-corrected chi connectivity index (χ2v) is 26.1. The van der Waals surface area contributed by atoms with Crippen molar-refractivity contribution in [3.63, 3.8) is 0 Å². The minimum atomic E-state index is -4.91. The van der Waals surface area contributed by atoms with Crippen molar-refractivity contribution in [3.8, 4) is 46.0 Å². The molecule has 8 saturated heterocycles. The number of nitrogens with one attached hydrogen (secondary N) is 2. The predicted octanol–water partition coefficient (Wildman–Crippen LogP) is 10.1. The van der Waals surface area contributed by atoms with Gasteiger partial charge in [0.15, 0.2) is 23.1 Å². The lowest BCUT2D eigenvalue weighted by atomic mass is 9.94. The van der Waals surface area contributed by atoms with E-state index in [1.54, 1.807) is 9.80 Å². The van der Waals surface area contributed by atoms with Crippen molar-refractivity contribution >= 4 is 68.3 Å². The molecule has 16 rings (SSSR count). The molecule has 0 amide bonds. The molecule has 10 aliphatic rings. The summed E-state index contributed by atoms with van der Waals surface area (Å²) >= 11 is 13.4. The third kappa shape index (κ3) is 9.83. The quantitative estimate of drug-likeness (QED) is 0.105. The Hall–Kier alpha value is -6.60. The highest BCUT2D eigenvalue weighted by molar-refractivity contribution is 6.37. The largest absolute Gasteiger partial charge is 0.489 e. The number of fused-ring (bicyclic) bond motifs is 12. The van der Waals surface area contributed by atoms with Gasteiger partial charge in [0.2, 0.25) is 0 Å². The van der Waals surface area contributed by atoms with Crippen LogP contribution in [0.15, 0.2) is 24.3 Å². The molecular weight excluding hydrogens is 1260 g/mol. The molecule has 0 aliphatic carbocycles. The molecule has 6 aromatic rings. The predicted molar refractivity (Wildman–Crippen MR) is 305 cm³/mol. The van der Waals surface area contributed by atoms with E-state index < -0.39 is 103 Å². The molecule has 32 heteroatoms. The van der Waals surface area contributed by atoms with Crippen LogP contribution in [-0.2, 0) is 12.4 Å². The number of alkyl halides is 10. The van der Waals surface area contributed by atoms with E-state index in [0.717, 1.165) is 50.7 Å². The maximum absolute atomic E-state index is 16.7. The summed E-state index contributed by atoms with van der Waals surface area (Å²) in [6.45, 7) is 1.08. The summed E-state index contributed by atoms with van der Waals surface area (Å²) in [5.74, 6) is -8.34. The van der Waals surface area contributed by atoms with Crippen LogP contribution in [0.4, 0.5) is 76.0 Å². The zero-order valence-corrected chi connectivity index (χ0v) is 49.0. The fourth-order valence-corrected chi connectivity index (χ4v) is 16.5. The number of nitrogens with two attached hydrogens (primary N) is 2. The highest BCUT2D eigenvalue weighted by Gasteiger charge is 2.59. The molecule has 18 nitrogen and oxygen atoms in total. The highest BCUT2D eigenvalue weighted by atomic mass is 35.5. The number of aromatic nitrogens is 6. The number of hydrogen-bond donors (Lipinski definition) is 4. The van der Waals surface area contributed by atoms with E-state index in [2.05, 4.69) is 40.5 Å². The smallest absolute Gasteiger partial charge is 0.418 e. The molecule has 8 fully saturated rings.